The molecule has 0 bridgehead atoms. The summed E-state index contributed by atoms with van der Waals surface area (Å²) < 4.78 is 15.5. The summed E-state index contributed by atoms with van der Waals surface area (Å²) >= 11 is 0. The van der Waals surface area contributed by atoms with E-state index in [1.807, 2.05) is 6.92 Å². The van der Waals surface area contributed by atoms with Gasteiger partial charge in [-0.05, 0) is 13.3 Å². The van der Waals surface area contributed by atoms with E-state index in [0.29, 0.717) is 46.0 Å². The molecule has 1 heterocycles. The molecule has 1 fully saturated rings. The first-order chi connectivity index (χ1) is 10.0. The fourth-order valence-electron chi connectivity index (χ4n) is 2.05. The van der Waals surface area contributed by atoms with Crippen molar-refractivity contribution in [2.24, 2.45) is 0 Å². The molecular weight excluding hydrogens is 276 g/mol. The Morgan fingerprint density at radius 1 is 1.14 bits per heavy atom. The van der Waals surface area contributed by atoms with Crippen LogP contribution in [0.4, 0.5) is 0 Å². The molecule has 0 radical (unpaired) electrons. The van der Waals surface area contributed by atoms with Crippen LogP contribution in [0.3, 0.4) is 0 Å². The highest BCUT2D eigenvalue weighted by Crippen LogP contribution is 2.17. The molecule has 122 valence electrons. The molecule has 0 aromatic heterocycles. The Labute approximate surface area is 125 Å². The molecule has 1 atom stereocenters. The van der Waals surface area contributed by atoms with Gasteiger partial charge in [-0.15, -0.1) is 0 Å². The number of methoxy groups -OCH3 is 1. The van der Waals surface area contributed by atoms with Gasteiger partial charge in [-0.2, -0.15) is 0 Å². The Balaban J connectivity index is 2.22. The van der Waals surface area contributed by atoms with E-state index >= 15 is 0 Å². The standard InChI is InChI=1S/C14H26N2O5/c1-4-14(2)13(18)16(11-12(17)15-14)5-6-20-9-10-21-8-7-19-3/h4-11H2,1-3H3,(H,15,17). The summed E-state index contributed by atoms with van der Waals surface area (Å²) in [6.07, 6.45) is 0.572. The third-order valence-corrected chi connectivity index (χ3v) is 3.53. The van der Waals surface area contributed by atoms with Crippen molar-refractivity contribution in [2.75, 3.05) is 53.2 Å². The maximum Gasteiger partial charge on any atom is 0.248 e. The summed E-state index contributed by atoms with van der Waals surface area (Å²) in [6, 6.07) is 0. The second-order valence-corrected chi connectivity index (χ2v) is 5.18. The Hall–Kier alpha value is -1.18. The minimum Gasteiger partial charge on any atom is -0.382 e. The zero-order chi connectivity index (χ0) is 15.7. The topological polar surface area (TPSA) is 77.1 Å². The molecule has 1 rings (SSSR count). The Morgan fingerprint density at radius 3 is 2.38 bits per heavy atom. The lowest BCUT2D eigenvalue weighted by molar-refractivity contribution is -0.150. The molecule has 7 nitrogen and oxygen atoms in total. The van der Waals surface area contributed by atoms with Crippen molar-refractivity contribution in [1.29, 1.82) is 0 Å². The number of hydrogen-bond donors (Lipinski definition) is 1. The number of hydrogen-bond acceptors (Lipinski definition) is 5. The van der Waals surface area contributed by atoms with Crippen LogP contribution in [0.15, 0.2) is 0 Å². The van der Waals surface area contributed by atoms with Crippen LogP contribution in [0.1, 0.15) is 20.3 Å². The lowest BCUT2D eigenvalue weighted by Gasteiger charge is -2.39. The molecule has 21 heavy (non-hydrogen) atoms. The van der Waals surface area contributed by atoms with Crippen molar-refractivity contribution in [3.8, 4) is 0 Å². The van der Waals surface area contributed by atoms with E-state index in [-0.39, 0.29) is 18.4 Å². The minimum absolute atomic E-state index is 0.0513. The number of nitrogens with one attached hydrogen (secondary N) is 1. The number of carbonyl (C=O) groups excluding carboxylic acids is 2. The number of amides is 2. The zero-order valence-electron chi connectivity index (χ0n) is 13.1. The molecule has 1 unspecified atom stereocenters. The SMILES string of the molecule is CCC1(C)NC(=O)CN(CCOCCOCCOC)C1=O. The van der Waals surface area contributed by atoms with Gasteiger partial charge in [0.15, 0.2) is 0 Å². The van der Waals surface area contributed by atoms with E-state index in [4.69, 9.17) is 14.2 Å². The molecule has 0 aliphatic carbocycles. The van der Waals surface area contributed by atoms with Gasteiger partial charge in [-0.1, -0.05) is 6.92 Å². The number of rotatable bonds is 10. The molecule has 0 aromatic rings. The van der Waals surface area contributed by atoms with Crippen LogP contribution in [0, 0.1) is 0 Å². The van der Waals surface area contributed by atoms with E-state index in [1.165, 1.54) is 0 Å². The fourth-order valence-corrected chi connectivity index (χ4v) is 2.05. The zero-order valence-corrected chi connectivity index (χ0v) is 13.1. The third kappa shape index (κ3) is 5.61. The van der Waals surface area contributed by atoms with Crippen molar-refractivity contribution in [2.45, 2.75) is 25.8 Å². The highest BCUT2D eigenvalue weighted by molar-refractivity contribution is 5.97. The molecule has 1 aliphatic rings. The van der Waals surface area contributed by atoms with Gasteiger partial charge in [-0.25, -0.2) is 0 Å². The van der Waals surface area contributed by atoms with Gasteiger partial charge < -0.3 is 24.4 Å². The summed E-state index contributed by atoms with van der Waals surface area (Å²) in [7, 11) is 1.62. The summed E-state index contributed by atoms with van der Waals surface area (Å²) in [5.41, 5.74) is -0.793. The van der Waals surface area contributed by atoms with E-state index < -0.39 is 5.54 Å². The minimum atomic E-state index is -0.793. The first-order valence-corrected chi connectivity index (χ1v) is 7.28. The number of carbonyl (C=O) groups is 2. The summed E-state index contributed by atoms with van der Waals surface area (Å²) in [5, 5.41) is 2.75. The highest BCUT2D eigenvalue weighted by atomic mass is 16.5. The van der Waals surface area contributed by atoms with Gasteiger partial charge in [0.2, 0.25) is 11.8 Å². The molecule has 2 amide bonds. The van der Waals surface area contributed by atoms with Crippen molar-refractivity contribution < 1.29 is 23.8 Å². The predicted octanol–water partition coefficient (Wildman–Crippen LogP) is -0.207. The van der Waals surface area contributed by atoms with Crippen molar-refractivity contribution in [3.05, 3.63) is 0 Å². The largest absolute Gasteiger partial charge is 0.382 e. The molecule has 1 N–H and O–H groups in total. The van der Waals surface area contributed by atoms with Gasteiger partial charge in [0.05, 0.1) is 39.6 Å². The summed E-state index contributed by atoms with van der Waals surface area (Å²) in [6.45, 7) is 6.61. The van der Waals surface area contributed by atoms with Crippen LogP contribution in [-0.4, -0.2) is 75.5 Å². The molecular formula is C14H26N2O5. The molecule has 1 aliphatic heterocycles. The van der Waals surface area contributed by atoms with E-state index in [2.05, 4.69) is 5.32 Å². The molecule has 7 heteroatoms. The average molecular weight is 302 g/mol. The van der Waals surface area contributed by atoms with Crippen LogP contribution >= 0.6 is 0 Å². The van der Waals surface area contributed by atoms with Crippen LogP contribution in [0.2, 0.25) is 0 Å². The van der Waals surface area contributed by atoms with Crippen LogP contribution in [-0.2, 0) is 23.8 Å². The lowest BCUT2D eigenvalue weighted by atomic mass is 9.94. The molecule has 1 saturated heterocycles. The van der Waals surface area contributed by atoms with E-state index in [0.717, 1.165) is 0 Å². The molecule has 0 aromatic carbocycles. The number of ether oxygens (including phenoxy) is 3. The van der Waals surface area contributed by atoms with Crippen molar-refractivity contribution in [3.63, 3.8) is 0 Å². The van der Waals surface area contributed by atoms with E-state index in [1.54, 1.807) is 18.9 Å². The van der Waals surface area contributed by atoms with Gasteiger partial charge in [0.25, 0.3) is 0 Å². The molecule has 0 saturated carbocycles. The van der Waals surface area contributed by atoms with Crippen molar-refractivity contribution >= 4 is 11.8 Å². The third-order valence-electron chi connectivity index (χ3n) is 3.53. The Bertz CT molecular complexity index is 350. The lowest BCUT2D eigenvalue weighted by Crippen LogP contribution is -2.65. The summed E-state index contributed by atoms with van der Waals surface area (Å²) in [4.78, 5) is 25.5. The predicted molar refractivity (Wildman–Crippen MR) is 76.9 cm³/mol. The number of nitrogens with zero attached hydrogens (tertiary/aromatic N) is 1. The quantitative estimate of drug-likeness (QED) is 0.565. The highest BCUT2D eigenvalue weighted by Gasteiger charge is 2.41. The smallest absolute Gasteiger partial charge is 0.248 e. The summed E-state index contributed by atoms with van der Waals surface area (Å²) in [5.74, 6) is -0.175. The second kappa shape index (κ2) is 8.96. The van der Waals surface area contributed by atoms with Crippen LogP contribution in [0.5, 0.6) is 0 Å². The fraction of sp³-hybridized carbons (Fsp3) is 0.857. The second-order valence-electron chi connectivity index (χ2n) is 5.18. The van der Waals surface area contributed by atoms with Gasteiger partial charge in [0, 0.05) is 13.7 Å². The van der Waals surface area contributed by atoms with Crippen molar-refractivity contribution in [1.82, 2.24) is 10.2 Å². The number of piperazine rings is 1. The monoisotopic (exact) mass is 302 g/mol. The van der Waals surface area contributed by atoms with Gasteiger partial charge in [-0.3, -0.25) is 9.59 Å². The normalized spacial score (nSPS) is 22.5. The van der Waals surface area contributed by atoms with Gasteiger partial charge in [0.1, 0.15) is 5.54 Å². The first kappa shape index (κ1) is 17.9. The average Bonchev–Trinajstić information content (AvgIpc) is 2.46. The maximum atomic E-state index is 12.3. The Kier molecular flexibility index (Phi) is 7.63. The molecule has 0 spiro atoms. The van der Waals surface area contributed by atoms with E-state index in [9.17, 15) is 9.59 Å². The Morgan fingerprint density at radius 2 is 1.76 bits per heavy atom. The first-order valence-electron chi connectivity index (χ1n) is 7.28. The maximum absolute atomic E-state index is 12.3. The van der Waals surface area contributed by atoms with Crippen LogP contribution in [0.25, 0.3) is 0 Å². The van der Waals surface area contributed by atoms with Crippen LogP contribution < -0.4 is 5.32 Å². The van der Waals surface area contributed by atoms with Gasteiger partial charge >= 0.3 is 0 Å².